The van der Waals surface area contributed by atoms with E-state index in [4.69, 9.17) is 10.5 Å². The minimum atomic E-state index is -0.164. The number of ether oxygens (including phenoxy) is 1. The Morgan fingerprint density at radius 3 is 3.06 bits per heavy atom. The van der Waals surface area contributed by atoms with Gasteiger partial charge in [0.1, 0.15) is 12.4 Å². The molecule has 0 spiro atoms. The van der Waals surface area contributed by atoms with Crippen LogP contribution in [-0.4, -0.2) is 36.8 Å². The molecule has 1 aromatic rings. The monoisotopic (exact) mass is 222 g/mol. The Labute approximate surface area is 93.4 Å². The van der Waals surface area contributed by atoms with Crippen LogP contribution in [0.15, 0.2) is 24.3 Å². The third kappa shape index (κ3) is 2.00. The fourth-order valence-electron chi connectivity index (χ4n) is 1.80. The zero-order valence-corrected chi connectivity index (χ0v) is 8.80. The molecule has 1 heterocycles. The Bertz CT molecular complexity index is 395. The molecule has 0 bridgehead atoms. The first-order valence-electron chi connectivity index (χ1n) is 5.11. The second kappa shape index (κ2) is 4.51. The number of rotatable bonds is 2. The van der Waals surface area contributed by atoms with Crippen LogP contribution in [0.4, 0.5) is 5.69 Å². The molecule has 0 saturated carbocycles. The summed E-state index contributed by atoms with van der Waals surface area (Å²) < 4.78 is 5.13. The molecule has 5 heteroatoms. The van der Waals surface area contributed by atoms with Crippen molar-refractivity contribution < 1.29 is 14.6 Å². The molecule has 1 aromatic carbocycles. The van der Waals surface area contributed by atoms with Crippen molar-refractivity contribution in [3.05, 3.63) is 24.3 Å². The maximum atomic E-state index is 11.7. The molecule has 1 saturated heterocycles. The van der Waals surface area contributed by atoms with E-state index in [-0.39, 0.29) is 24.3 Å². The first-order valence-corrected chi connectivity index (χ1v) is 5.11. The zero-order chi connectivity index (χ0) is 11.5. The van der Waals surface area contributed by atoms with Gasteiger partial charge in [-0.25, -0.2) is 0 Å². The number of nitrogens with two attached hydrogens (primary N) is 1. The van der Waals surface area contributed by atoms with Gasteiger partial charge >= 0.3 is 0 Å². The molecule has 86 valence electrons. The Kier molecular flexibility index (Phi) is 3.07. The van der Waals surface area contributed by atoms with Crippen LogP contribution in [-0.2, 0) is 9.53 Å². The smallest absolute Gasteiger partial charge is 0.253 e. The van der Waals surface area contributed by atoms with Gasteiger partial charge < -0.3 is 20.5 Å². The van der Waals surface area contributed by atoms with Crippen LogP contribution in [0.25, 0.3) is 0 Å². The van der Waals surface area contributed by atoms with Crippen LogP contribution >= 0.6 is 0 Å². The average molecular weight is 222 g/mol. The first kappa shape index (κ1) is 10.9. The molecule has 0 radical (unpaired) electrons. The van der Waals surface area contributed by atoms with Gasteiger partial charge in [0.25, 0.3) is 5.91 Å². The van der Waals surface area contributed by atoms with E-state index in [1.54, 1.807) is 29.2 Å². The summed E-state index contributed by atoms with van der Waals surface area (Å²) in [6, 6.07) is 6.41. The van der Waals surface area contributed by atoms with Gasteiger partial charge in [-0.1, -0.05) is 6.07 Å². The van der Waals surface area contributed by atoms with E-state index in [9.17, 15) is 9.90 Å². The molecule has 0 aliphatic carbocycles. The summed E-state index contributed by atoms with van der Waals surface area (Å²) in [5, 5.41) is 9.39. The molecule has 5 nitrogen and oxygen atoms in total. The van der Waals surface area contributed by atoms with Gasteiger partial charge in [-0.05, 0) is 12.1 Å². The van der Waals surface area contributed by atoms with Gasteiger partial charge in [0.15, 0.2) is 0 Å². The number of carbonyl (C=O) groups excluding carboxylic acids is 1. The number of hydrogen-bond acceptors (Lipinski definition) is 4. The Hall–Kier alpha value is -1.59. The van der Waals surface area contributed by atoms with Crippen molar-refractivity contribution in [2.75, 3.05) is 24.7 Å². The van der Waals surface area contributed by atoms with Gasteiger partial charge in [0.05, 0.1) is 12.6 Å². The predicted octanol–water partition coefficient (Wildman–Crippen LogP) is 0.0827. The number of phenolic OH excluding ortho intramolecular Hbond substituents is 1. The number of nitrogens with zero attached hydrogens (tertiary/aromatic N) is 1. The van der Waals surface area contributed by atoms with Gasteiger partial charge in [-0.15, -0.1) is 0 Å². The van der Waals surface area contributed by atoms with E-state index in [0.717, 1.165) is 0 Å². The second-order valence-corrected chi connectivity index (χ2v) is 3.69. The molecule has 0 aromatic heterocycles. The summed E-state index contributed by atoms with van der Waals surface area (Å²) in [7, 11) is 0. The van der Waals surface area contributed by atoms with Crippen molar-refractivity contribution >= 4 is 11.6 Å². The highest BCUT2D eigenvalue weighted by Gasteiger charge is 2.29. The molecule has 1 aliphatic rings. The largest absolute Gasteiger partial charge is 0.508 e. The Morgan fingerprint density at radius 1 is 1.56 bits per heavy atom. The SMILES string of the molecule is NCC1COCC(=O)N1c1cccc(O)c1. The molecule has 1 unspecified atom stereocenters. The first-order chi connectivity index (χ1) is 7.72. The minimum Gasteiger partial charge on any atom is -0.508 e. The molecular formula is C11H14N2O3. The average Bonchev–Trinajstić information content (AvgIpc) is 2.28. The van der Waals surface area contributed by atoms with Crippen molar-refractivity contribution in [2.45, 2.75) is 6.04 Å². The highest BCUT2D eigenvalue weighted by atomic mass is 16.5. The van der Waals surface area contributed by atoms with Crippen LogP contribution in [0, 0.1) is 0 Å². The van der Waals surface area contributed by atoms with Gasteiger partial charge in [0, 0.05) is 18.3 Å². The molecular weight excluding hydrogens is 208 g/mol. The number of anilines is 1. The number of benzene rings is 1. The number of hydrogen-bond donors (Lipinski definition) is 2. The van der Waals surface area contributed by atoms with E-state index >= 15 is 0 Å². The lowest BCUT2D eigenvalue weighted by Gasteiger charge is -2.34. The Morgan fingerprint density at radius 2 is 2.38 bits per heavy atom. The van der Waals surface area contributed by atoms with Crippen LogP contribution in [0.5, 0.6) is 5.75 Å². The molecule has 1 atom stereocenters. The number of morpholine rings is 1. The third-order valence-corrected chi connectivity index (χ3v) is 2.55. The number of amides is 1. The lowest BCUT2D eigenvalue weighted by Crippen LogP contribution is -2.53. The summed E-state index contributed by atoms with van der Waals surface area (Å²) in [6.45, 7) is 0.825. The molecule has 2 rings (SSSR count). The normalized spacial score (nSPS) is 21.2. The second-order valence-electron chi connectivity index (χ2n) is 3.69. The maximum Gasteiger partial charge on any atom is 0.253 e. The van der Waals surface area contributed by atoms with E-state index in [1.165, 1.54) is 0 Å². The topological polar surface area (TPSA) is 75.8 Å². The molecule has 16 heavy (non-hydrogen) atoms. The fraction of sp³-hybridized carbons (Fsp3) is 0.364. The highest BCUT2D eigenvalue weighted by Crippen LogP contribution is 2.23. The number of carbonyl (C=O) groups is 1. The van der Waals surface area contributed by atoms with Crippen molar-refractivity contribution in [1.29, 1.82) is 0 Å². The minimum absolute atomic E-state index is 0.0617. The van der Waals surface area contributed by atoms with Crippen molar-refractivity contribution in [3.8, 4) is 5.75 Å². The molecule has 1 aliphatic heterocycles. The predicted molar refractivity (Wildman–Crippen MR) is 59.3 cm³/mol. The van der Waals surface area contributed by atoms with Crippen molar-refractivity contribution in [3.63, 3.8) is 0 Å². The Balaban J connectivity index is 2.31. The fourth-order valence-corrected chi connectivity index (χ4v) is 1.80. The molecule has 1 fully saturated rings. The number of phenols is 1. The van der Waals surface area contributed by atoms with E-state index in [0.29, 0.717) is 18.8 Å². The third-order valence-electron chi connectivity index (χ3n) is 2.55. The van der Waals surface area contributed by atoms with Crippen LogP contribution < -0.4 is 10.6 Å². The lowest BCUT2D eigenvalue weighted by molar-refractivity contribution is -0.127. The van der Waals surface area contributed by atoms with Gasteiger partial charge in [-0.2, -0.15) is 0 Å². The standard InChI is InChI=1S/C11H14N2O3/c12-5-9-6-16-7-11(15)13(9)8-2-1-3-10(14)4-8/h1-4,9,14H,5-7,12H2. The summed E-state index contributed by atoms with van der Waals surface area (Å²) in [5.74, 6) is -0.000127. The highest BCUT2D eigenvalue weighted by molar-refractivity contribution is 5.95. The van der Waals surface area contributed by atoms with E-state index in [1.807, 2.05) is 0 Å². The number of aromatic hydroxyl groups is 1. The van der Waals surface area contributed by atoms with Crippen LogP contribution in [0.1, 0.15) is 0 Å². The quantitative estimate of drug-likeness (QED) is 0.743. The summed E-state index contributed by atoms with van der Waals surface area (Å²) in [5.41, 5.74) is 6.25. The maximum absolute atomic E-state index is 11.7. The lowest BCUT2D eigenvalue weighted by atomic mass is 10.1. The van der Waals surface area contributed by atoms with Crippen molar-refractivity contribution in [2.24, 2.45) is 5.73 Å². The van der Waals surface area contributed by atoms with E-state index < -0.39 is 0 Å². The molecule has 3 N–H and O–H groups in total. The summed E-state index contributed by atoms with van der Waals surface area (Å²) in [4.78, 5) is 13.3. The van der Waals surface area contributed by atoms with Crippen LogP contribution in [0.3, 0.4) is 0 Å². The van der Waals surface area contributed by atoms with Gasteiger partial charge in [0.2, 0.25) is 0 Å². The van der Waals surface area contributed by atoms with Crippen LogP contribution in [0.2, 0.25) is 0 Å². The summed E-state index contributed by atoms with van der Waals surface area (Å²) >= 11 is 0. The van der Waals surface area contributed by atoms with E-state index in [2.05, 4.69) is 0 Å². The zero-order valence-electron chi connectivity index (χ0n) is 8.80. The van der Waals surface area contributed by atoms with Crippen molar-refractivity contribution in [1.82, 2.24) is 0 Å². The molecule has 1 amide bonds. The summed E-state index contributed by atoms with van der Waals surface area (Å²) in [6.07, 6.45) is 0. The van der Waals surface area contributed by atoms with Gasteiger partial charge in [-0.3, -0.25) is 4.79 Å².